The topological polar surface area (TPSA) is 46.6 Å². The van der Waals surface area contributed by atoms with E-state index >= 15 is 0 Å². The molecule has 0 bridgehead atoms. The summed E-state index contributed by atoms with van der Waals surface area (Å²) in [4.78, 5) is -0.387. The number of fused-ring (bicyclic) bond motifs is 1. The van der Waals surface area contributed by atoms with E-state index in [0.29, 0.717) is 27.9 Å². The second-order valence-electron chi connectivity index (χ2n) is 7.45. The second kappa shape index (κ2) is 7.50. The third-order valence-corrected chi connectivity index (χ3v) is 7.69. The molecule has 1 aliphatic carbocycles. The van der Waals surface area contributed by atoms with Crippen molar-refractivity contribution >= 4 is 31.6 Å². The molecule has 0 aromatic heterocycles. The first-order chi connectivity index (χ1) is 13.6. The van der Waals surface area contributed by atoms with E-state index < -0.39 is 21.8 Å². The highest BCUT2D eigenvalue weighted by Crippen LogP contribution is 2.42. The molecule has 4 nitrogen and oxygen atoms in total. The Labute approximate surface area is 175 Å². The molecular weight excluding hydrogens is 471 g/mol. The normalized spacial score (nSPS) is 20.0. The Morgan fingerprint density at radius 1 is 1.14 bits per heavy atom. The van der Waals surface area contributed by atoms with E-state index in [2.05, 4.69) is 15.9 Å². The predicted molar refractivity (Wildman–Crippen MR) is 106 cm³/mol. The van der Waals surface area contributed by atoms with Gasteiger partial charge in [0.1, 0.15) is 11.9 Å². The Kier molecular flexibility index (Phi) is 5.31. The summed E-state index contributed by atoms with van der Waals surface area (Å²) in [5.74, 6) is 0.912. The molecule has 2 aliphatic rings. The second-order valence-corrected chi connectivity index (χ2v) is 10.2. The van der Waals surface area contributed by atoms with Crippen LogP contribution in [0, 0.1) is 5.92 Å². The van der Waals surface area contributed by atoms with Crippen LogP contribution in [0.4, 0.5) is 18.9 Å². The zero-order valence-corrected chi connectivity index (χ0v) is 17.7. The fourth-order valence-corrected chi connectivity index (χ4v) is 5.59. The van der Waals surface area contributed by atoms with Gasteiger partial charge in [0.2, 0.25) is 0 Å². The monoisotopic (exact) mass is 489 g/mol. The van der Waals surface area contributed by atoms with Crippen molar-refractivity contribution in [2.24, 2.45) is 5.92 Å². The highest BCUT2D eigenvalue weighted by molar-refractivity contribution is 9.10. The molecule has 1 atom stereocenters. The number of anilines is 1. The minimum absolute atomic E-state index is 0.0680. The SMILES string of the molecule is O=S(=O)(c1cccc(C(F)(F)F)c1)N1CC(CC2CCC2)Oc2ccc(Br)cc21. The van der Waals surface area contributed by atoms with Gasteiger partial charge in [-0.2, -0.15) is 13.2 Å². The maximum Gasteiger partial charge on any atom is 0.416 e. The van der Waals surface area contributed by atoms with Crippen molar-refractivity contribution in [3.8, 4) is 5.75 Å². The standard InChI is InChI=1S/C20H19BrF3NO3S/c21-15-7-8-19-18(11-15)25(12-16(28-19)9-13-3-1-4-13)29(26,27)17-6-2-5-14(10-17)20(22,23)24/h2,5-8,10-11,13,16H,1,3-4,9,12H2. The smallest absolute Gasteiger partial charge is 0.416 e. The van der Waals surface area contributed by atoms with E-state index in [1.165, 1.54) is 10.4 Å². The molecule has 1 fully saturated rings. The Morgan fingerprint density at radius 2 is 1.90 bits per heavy atom. The summed E-state index contributed by atoms with van der Waals surface area (Å²) >= 11 is 3.33. The van der Waals surface area contributed by atoms with Crippen LogP contribution in [0.15, 0.2) is 51.8 Å². The van der Waals surface area contributed by atoms with Crippen molar-refractivity contribution in [1.82, 2.24) is 0 Å². The first kappa shape index (κ1) is 20.5. The summed E-state index contributed by atoms with van der Waals surface area (Å²) in [5, 5.41) is 0. The van der Waals surface area contributed by atoms with Crippen molar-refractivity contribution < 1.29 is 26.3 Å². The van der Waals surface area contributed by atoms with E-state index in [1.54, 1.807) is 18.2 Å². The largest absolute Gasteiger partial charge is 0.486 e. The molecule has 1 unspecified atom stereocenters. The number of halogens is 4. The molecule has 29 heavy (non-hydrogen) atoms. The lowest BCUT2D eigenvalue weighted by Gasteiger charge is -2.38. The van der Waals surface area contributed by atoms with Gasteiger partial charge >= 0.3 is 6.18 Å². The van der Waals surface area contributed by atoms with Gasteiger partial charge < -0.3 is 4.74 Å². The molecule has 9 heteroatoms. The van der Waals surface area contributed by atoms with Crippen molar-refractivity contribution in [2.45, 2.75) is 42.9 Å². The molecular formula is C20H19BrF3NO3S. The van der Waals surface area contributed by atoms with E-state index in [4.69, 9.17) is 4.74 Å². The van der Waals surface area contributed by atoms with E-state index in [1.807, 2.05) is 0 Å². The number of hydrogen-bond acceptors (Lipinski definition) is 3. The summed E-state index contributed by atoms with van der Waals surface area (Å²) < 4.78 is 73.9. The van der Waals surface area contributed by atoms with Gasteiger partial charge in [-0.3, -0.25) is 4.31 Å². The third-order valence-electron chi connectivity index (χ3n) is 5.42. The van der Waals surface area contributed by atoms with Gasteiger partial charge in [-0.15, -0.1) is 0 Å². The van der Waals surface area contributed by atoms with Gasteiger partial charge in [0.25, 0.3) is 10.0 Å². The molecule has 0 radical (unpaired) electrons. The molecule has 1 saturated carbocycles. The minimum atomic E-state index is -4.62. The van der Waals surface area contributed by atoms with Crippen molar-refractivity contribution in [3.05, 3.63) is 52.5 Å². The average Bonchev–Trinajstić information content (AvgIpc) is 2.63. The lowest BCUT2D eigenvalue weighted by molar-refractivity contribution is -0.137. The van der Waals surface area contributed by atoms with E-state index in [0.717, 1.165) is 37.8 Å². The van der Waals surface area contributed by atoms with Crippen molar-refractivity contribution in [2.75, 3.05) is 10.8 Å². The zero-order valence-electron chi connectivity index (χ0n) is 15.3. The van der Waals surface area contributed by atoms with Gasteiger partial charge in [0.05, 0.1) is 22.7 Å². The van der Waals surface area contributed by atoms with Gasteiger partial charge in [0.15, 0.2) is 0 Å². The Balaban J connectivity index is 1.74. The highest BCUT2D eigenvalue weighted by atomic mass is 79.9. The molecule has 4 rings (SSSR count). The van der Waals surface area contributed by atoms with Crippen LogP contribution >= 0.6 is 15.9 Å². The molecule has 0 spiro atoms. The van der Waals surface area contributed by atoms with Gasteiger partial charge in [-0.1, -0.05) is 41.3 Å². The van der Waals surface area contributed by atoms with Crippen LogP contribution in [0.1, 0.15) is 31.2 Å². The van der Waals surface area contributed by atoms with Gasteiger partial charge in [-0.05, 0) is 48.7 Å². The third kappa shape index (κ3) is 4.12. The Hall–Kier alpha value is -1.74. The lowest BCUT2D eigenvalue weighted by atomic mass is 9.81. The molecule has 2 aromatic rings. The van der Waals surface area contributed by atoms with Crippen LogP contribution in [0.2, 0.25) is 0 Å². The van der Waals surface area contributed by atoms with E-state index in [-0.39, 0.29) is 17.5 Å². The molecule has 0 saturated heterocycles. The number of ether oxygens (including phenoxy) is 1. The summed E-state index contributed by atoms with van der Waals surface area (Å²) in [7, 11) is -4.20. The Bertz CT molecular complexity index is 1020. The first-order valence-electron chi connectivity index (χ1n) is 9.31. The summed E-state index contributed by atoms with van der Waals surface area (Å²) in [5.41, 5.74) is -0.672. The number of hydrogen-bond donors (Lipinski definition) is 0. The fraction of sp³-hybridized carbons (Fsp3) is 0.400. The first-order valence-corrected chi connectivity index (χ1v) is 11.5. The molecule has 0 amide bonds. The lowest BCUT2D eigenvalue weighted by Crippen LogP contribution is -2.44. The quantitative estimate of drug-likeness (QED) is 0.560. The highest BCUT2D eigenvalue weighted by Gasteiger charge is 2.38. The summed E-state index contributed by atoms with van der Waals surface area (Å²) in [6, 6.07) is 8.90. The summed E-state index contributed by atoms with van der Waals surface area (Å²) in [6.07, 6.45) is -0.892. The molecule has 2 aromatic carbocycles. The van der Waals surface area contributed by atoms with Crippen LogP contribution in [-0.2, 0) is 16.2 Å². The van der Waals surface area contributed by atoms with Crippen LogP contribution in [0.5, 0.6) is 5.75 Å². The predicted octanol–water partition coefficient (Wildman–Crippen LogP) is 5.61. The number of alkyl halides is 3. The molecule has 0 N–H and O–H groups in total. The maximum absolute atomic E-state index is 13.3. The van der Waals surface area contributed by atoms with Crippen molar-refractivity contribution in [3.63, 3.8) is 0 Å². The number of sulfonamides is 1. The zero-order chi connectivity index (χ0) is 20.8. The van der Waals surface area contributed by atoms with Crippen LogP contribution in [-0.4, -0.2) is 21.1 Å². The average molecular weight is 490 g/mol. The van der Waals surface area contributed by atoms with Crippen LogP contribution in [0.25, 0.3) is 0 Å². The molecule has 1 heterocycles. The number of benzene rings is 2. The van der Waals surface area contributed by atoms with Crippen LogP contribution in [0.3, 0.4) is 0 Å². The Morgan fingerprint density at radius 3 is 2.55 bits per heavy atom. The van der Waals surface area contributed by atoms with Crippen molar-refractivity contribution in [1.29, 1.82) is 0 Å². The van der Waals surface area contributed by atoms with E-state index in [9.17, 15) is 21.6 Å². The summed E-state index contributed by atoms with van der Waals surface area (Å²) in [6.45, 7) is 0.0680. The molecule has 156 valence electrons. The number of rotatable bonds is 4. The van der Waals surface area contributed by atoms with Gasteiger partial charge in [0, 0.05) is 4.47 Å². The van der Waals surface area contributed by atoms with Crippen LogP contribution < -0.4 is 9.04 Å². The minimum Gasteiger partial charge on any atom is -0.486 e. The molecule has 1 aliphatic heterocycles. The van der Waals surface area contributed by atoms with Gasteiger partial charge in [-0.25, -0.2) is 8.42 Å². The fourth-order valence-electron chi connectivity index (χ4n) is 3.70. The number of nitrogens with zero attached hydrogens (tertiary/aromatic N) is 1. The maximum atomic E-state index is 13.3.